The van der Waals surface area contributed by atoms with Crippen LogP contribution in [0.2, 0.25) is 0 Å². The standard InChI is InChI=1S/C17H17N5O3/c23-15-4-2-1-3-11(15)13-7-14(20-19-13)17(25)22-6-5-10(9-22)12-8-16(24)21-18-12/h1-4,7-8,10,23H,5-6,9H2,(H,19,20)(H2,18,21,24). The number of benzene rings is 1. The van der Waals surface area contributed by atoms with Gasteiger partial charge in [0.15, 0.2) is 0 Å². The minimum absolute atomic E-state index is 0.114. The number of amides is 1. The van der Waals surface area contributed by atoms with E-state index in [-0.39, 0.29) is 23.1 Å². The van der Waals surface area contributed by atoms with Gasteiger partial charge in [0.25, 0.3) is 11.5 Å². The molecule has 1 aliphatic rings. The van der Waals surface area contributed by atoms with Crippen molar-refractivity contribution in [1.29, 1.82) is 0 Å². The van der Waals surface area contributed by atoms with Gasteiger partial charge >= 0.3 is 0 Å². The highest BCUT2D eigenvalue weighted by molar-refractivity contribution is 5.93. The third kappa shape index (κ3) is 2.82. The van der Waals surface area contributed by atoms with E-state index in [0.29, 0.717) is 30.0 Å². The predicted octanol–water partition coefficient (Wildman–Crippen LogP) is 1.43. The Kier molecular flexibility index (Phi) is 3.64. The summed E-state index contributed by atoms with van der Waals surface area (Å²) < 4.78 is 0. The summed E-state index contributed by atoms with van der Waals surface area (Å²) in [5.41, 5.74) is 2.12. The van der Waals surface area contributed by atoms with E-state index in [0.717, 1.165) is 12.1 Å². The van der Waals surface area contributed by atoms with Crippen molar-refractivity contribution in [3.05, 3.63) is 58.1 Å². The maximum Gasteiger partial charge on any atom is 0.271 e. The number of phenolic OH excluding ortho intramolecular Hbond substituents is 1. The molecule has 1 amide bonds. The number of likely N-dealkylation sites (tertiary alicyclic amines) is 1. The largest absolute Gasteiger partial charge is 0.507 e. The van der Waals surface area contributed by atoms with Crippen LogP contribution in [0.5, 0.6) is 5.75 Å². The third-order valence-electron chi connectivity index (χ3n) is 4.52. The van der Waals surface area contributed by atoms with Crippen molar-refractivity contribution in [2.45, 2.75) is 12.3 Å². The second-order valence-corrected chi connectivity index (χ2v) is 6.13. The second-order valence-electron chi connectivity index (χ2n) is 6.13. The molecule has 1 saturated heterocycles. The van der Waals surface area contributed by atoms with E-state index in [1.807, 2.05) is 0 Å². The number of nitrogens with zero attached hydrogens (tertiary/aromatic N) is 2. The lowest BCUT2D eigenvalue weighted by molar-refractivity contribution is 0.0785. The Hall–Kier alpha value is -3.29. The summed E-state index contributed by atoms with van der Waals surface area (Å²) in [6.07, 6.45) is 0.792. The van der Waals surface area contributed by atoms with Crippen molar-refractivity contribution < 1.29 is 9.90 Å². The number of phenols is 1. The first-order valence-corrected chi connectivity index (χ1v) is 8.02. The molecule has 0 saturated carbocycles. The first kappa shape index (κ1) is 15.3. The van der Waals surface area contributed by atoms with Gasteiger partial charge in [-0.2, -0.15) is 5.10 Å². The van der Waals surface area contributed by atoms with E-state index >= 15 is 0 Å². The van der Waals surface area contributed by atoms with Crippen LogP contribution in [0.25, 0.3) is 11.3 Å². The number of aromatic amines is 3. The van der Waals surface area contributed by atoms with Crippen LogP contribution in [0.1, 0.15) is 28.5 Å². The molecule has 4 rings (SSSR count). The van der Waals surface area contributed by atoms with Gasteiger partial charge in [-0.1, -0.05) is 12.1 Å². The van der Waals surface area contributed by atoms with E-state index in [4.69, 9.17) is 0 Å². The molecule has 0 radical (unpaired) electrons. The van der Waals surface area contributed by atoms with Gasteiger partial charge in [-0.3, -0.25) is 19.8 Å². The lowest BCUT2D eigenvalue weighted by Gasteiger charge is -2.14. The Morgan fingerprint density at radius 3 is 2.84 bits per heavy atom. The number of nitrogens with one attached hydrogen (secondary N) is 3. The van der Waals surface area contributed by atoms with Gasteiger partial charge in [-0.05, 0) is 24.6 Å². The lowest BCUT2D eigenvalue weighted by atomic mass is 10.1. The number of para-hydroxylation sites is 1. The maximum atomic E-state index is 12.7. The number of aromatic nitrogens is 4. The van der Waals surface area contributed by atoms with Crippen LogP contribution in [0, 0.1) is 0 Å². The summed E-state index contributed by atoms with van der Waals surface area (Å²) in [6.45, 7) is 1.15. The normalized spacial score (nSPS) is 17.1. The van der Waals surface area contributed by atoms with Crippen LogP contribution >= 0.6 is 0 Å². The molecule has 128 valence electrons. The minimum Gasteiger partial charge on any atom is -0.507 e. The fourth-order valence-corrected chi connectivity index (χ4v) is 3.20. The van der Waals surface area contributed by atoms with Gasteiger partial charge in [-0.15, -0.1) is 0 Å². The second kappa shape index (κ2) is 5.97. The van der Waals surface area contributed by atoms with Crippen molar-refractivity contribution in [2.75, 3.05) is 13.1 Å². The number of carbonyl (C=O) groups excluding carboxylic acids is 1. The first-order valence-electron chi connectivity index (χ1n) is 8.02. The number of rotatable bonds is 3. The SMILES string of the molecule is O=C(c1cc(-c2ccccc2O)n[nH]1)N1CCC(c2cc(=O)[nH][nH]2)C1. The summed E-state index contributed by atoms with van der Waals surface area (Å²) in [4.78, 5) is 25.7. The van der Waals surface area contributed by atoms with Gasteiger partial charge in [0.2, 0.25) is 0 Å². The highest BCUT2D eigenvalue weighted by atomic mass is 16.3. The summed E-state index contributed by atoms with van der Waals surface area (Å²) in [7, 11) is 0. The van der Waals surface area contributed by atoms with Gasteiger partial charge in [0.1, 0.15) is 11.4 Å². The molecule has 8 heteroatoms. The Morgan fingerprint density at radius 1 is 1.24 bits per heavy atom. The van der Waals surface area contributed by atoms with Gasteiger partial charge in [-0.25, -0.2) is 0 Å². The molecule has 1 atom stereocenters. The Labute approximate surface area is 142 Å². The fraction of sp³-hybridized carbons (Fsp3) is 0.235. The van der Waals surface area contributed by atoms with Gasteiger partial charge in [0, 0.05) is 36.3 Å². The fourth-order valence-electron chi connectivity index (χ4n) is 3.20. The monoisotopic (exact) mass is 339 g/mol. The highest BCUT2D eigenvalue weighted by Crippen LogP contribution is 2.29. The number of carbonyl (C=O) groups is 1. The van der Waals surface area contributed by atoms with Crippen molar-refractivity contribution >= 4 is 5.91 Å². The molecule has 3 heterocycles. The number of hydrogen-bond donors (Lipinski definition) is 4. The molecular weight excluding hydrogens is 322 g/mol. The van der Waals surface area contributed by atoms with Crippen molar-refractivity contribution in [1.82, 2.24) is 25.3 Å². The molecule has 1 aromatic carbocycles. The van der Waals surface area contributed by atoms with Gasteiger partial charge in [0.05, 0.1) is 5.69 Å². The Bertz CT molecular complexity index is 970. The van der Waals surface area contributed by atoms with Gasteiger partial charge < -0.3 is 15.1 Å². The molecule has 0 aliphatic carbocycles. The average Bonchev–Trinajstić information content (AvgIpc) is 3.35. The third-order valence-corrected chi connectivity index (χ3v) is 4.52. The first-order chi connectivity index (χ1) is 12.1. The Morgan fingerprint density at radius 2 is 2.08 bits per heavy atom. The Balaban J connectivity index is 1.51. The number of H-pyrrole nitrogens is 3. The van der Waals surface area contributed by atoms with Crippen molar-refractivity contribution in [2.24, 2.45) is 0 Å². The molecule has 8 nitrogen and oxygen atoms in total. The highest BCUT2D eigenvalue weighted by Gasteiger charge is 2.30. The molecule has 4 N–H and O–H groups in total. The summed E-state index contributed by atoms with van der Waals surface area (Å²) in [6, 6.07) is 10.0. The van der Waals surface area contributed by atoms with Crippen LogP contribution in [0.4, 0.5) is 0 Å². The van der Waals surface area contributed by atoms with E-state index in [9.17, 15) is 14.7 Å². The molecule has 3 aromatic rings. The smallest absolute Gasteiger partial charge is 0.271 e. The summed E-state index contributed by atoms with van der Waals surface area (Å²) >= 11 is 0. The van der Waals surface area contributed by atoms with Crippen molar-refractivity contribution in [3.8, 4) is 17.0 Å². The minimum atomic E-state index is -0.166. The average molecular weight is 339 g/mol. The number of hydrogen-bond acceptors (Lipinski definition) is 4. The zero-order valence-corrected chi connectivity index (χ0v) is 13.3. The summed E-state index contributed by atoms with van der Waals surface area (Å²) in [5, 5.41) is 22.2. The predicted molar refractivity (Wildman–Crippen MR) is 90.4 cm³/mol. The molecule has 0 spiro atoms. The molecular formula is C17H17N5O3. The van der Waals surface area contributed by atoms with E-state index in [1.165, 1.54) is 6.07 Å². The van der Waals surface area contributed by atoms with Crippen LogP contribution in [0.3, 0.4) is 0 Å². The van der Waals surface area contributed by atoms with Crippen LogP contribution in [0.15, 0.2) is 41.2 Å². The molecule has 1 unspecified atom stereocenters. The van der Waals surface area contributed by atoms with Crippen LogP contribution in [-0.4, -0.2) is 49.4 Å². The van der Waals surface area contributed by atoms with Crippen molar-refractivity contribution in [3.63, 3.8) is 0 Å². The molecule has 1 aliphatic heterocycles. The van der Waals surface area contributed by atoms with E-state index in [1.54, 1.807) is 35.2 Å². The van der Waals surface area contributed by atoms with Crippen LogP contribution < -0.4 is 5.56 Å². The molecule has 1 fully saturated rings. The number of aromatic hydroxyl groups is 1. The zero-order chi connectivity index (χ0) is 17.4. The van der Waals surface area contributed by atoms with Crippen LogP contribution in [-0.2, 0) is 0 Å². The molecule has 0 bridgehead atoms. The molecule has 2 aromatic heterocycles. The van der Waals surface area contributed by atoms with E-state index in [2.05, 4.69) is 20.4 Å². The maximum absolute atomic E-state index is 12.7. The lowest BCUT2D eigenvalue weighted by Crippen LogP contribution is -2.28. The quantitative estimate of drug-likeness (QED) is 0.577. The summed E-state index contributed by atoms with van der Waals surface area (Å²) in [5.74, 6) is 0.0867. The van der Waals surface area contributed by atoms with E-state index < -0.39 is 0 Å². The zero-order valence-electron chi connectivity index (χ0n) is 13.3. The topological polar surface area (TPSA) is 118 Å². The molecule has 25 heavy (non-hydrogen) atoms.